The van der Waals surface area contributed by atoms with Gasteiger partial charge < -0.3 is 19.2 Å². The number of rotatable bonds is 8. The molecule has 30 heavy (non-hydrogen) atoms. The first kappa shape index (κ1) is 19.0. The SMILES string of the molecule is O=C(CSc1nnc(C2CC2)n1Cc1ccco1)NC[C@H]1COc2ccccc2O1. The van der Waals surface area contributed by atoms with E-state index in [1.807, 2.05) is 36.4 Å². The second kappa shape index (κ2) is 8.43. The van der Waals surface area contributed by atoms with Crippen LogP contribution in [-0.4, -0.2) is 45.7 Å². The number of nitrogens with one attached hydrogen (secondary N) is 1. The first-order valence-electron chi connectivity index (χ1n) is 10.00. The molecule has 1 saturated carbocycles. The quantitative estimate of drug-likeness (QED) is 0.554. The summed E-state index contributed by atoms with van der Waals surface area (Å²) in [5.41, 5.74) is 0. The van der Waals surface area contributed by atoms with Gasteiger partial charge in [0.1, 0.15) is 24.3 Å². The summed E-state index contributed by atoms with van der Waals surface area (Å²) in [6.45, 7) is 1.37. The molecule has 1 aliphatic heterocycles. The zero-order valence-corrected chi connectivity index (χ0v) is 17.1. The third kappa shape index (κ3) is 4.30. The van der Waals surface area contributed by atoms with E-state index in [4.69, 9.17) is 13.9 Å². The standard InChI is InChI=1S/C21H22N4O4S/c26-19(22-10-16-12-28-17-5-1-2-6-18(17)29-16)13-30-21-24-23-20(14-7-8-14)25(21)11-15-4-3-9-27-15/h1-6,9,14,16H,7-8,10-13H2,(H,22,26)/t16-/m0/s1. The third-order valence-electron chi connectivity index (χ3n) is 5.01. The van der Waals surface area contributed by atoms with Crippen molar-refractivity contribution in [1.29, 1.82) is 0 Å². The summed E-state index contributed by atoms with van der Waals surface area (Å²) in [6, 6.07) is 11.3. The van der Waals surface area contributed by atoms with Crippen molar-refractivity contribution >= 4 is 17.7 Å². The zero-order valence-electron chi connectivity index (χ0n) is 16.3. The van der Waals surface area contributed by atoms with E-state index in [2.05, 4.69) is 20.1 Å². The number of hydrogen-bond donors (Lipinski definition) is 1. The molecule has 1 amide bonds. The fraction of sp³-hybridized carbons (Fsp3) is 0.381. The van der Waals surface area contributed by atoms with Crippen LogP contribution in [0.15, 0.2) is 52.2 Å². The van der Waals surface area contributed by atoms with Gasteiger partial charge in [-0.05, 0) is 37.1 Å². The van der Waals surface area contributed by atoms with Gasteiger partial charge in [0, 0.05) is 5.92 Å². The van der Waals surface area contributed by atoms with Crippen molar-refractivity contribution in [2.24, 2.45) is 0 Å². The molecule has 2 aliphatic rings. The number of benzene rings is 1. The van der Waals surface area contributed by atoms with Gasteiger partial charge in [-0.15, -0.1) is 10.2 Å². The monoisotopic (exact) mass is 426 g/mol. The lowest BCUT2D eigenvalue weighted by Gasteiger charge is -2.26. The lowest BCUT2D eigenvalue weighted by atomic mass is 10.2. The van der Waals surface area contributed by atoms with Gasteiger partial charge in [-0.25, -0.2) is 0 Å². The number of thioether (sulfide) groups is 1. The molecule has 0 spiro atoms. The third-order valence-corrected chi connectivity index (χ3v) is 5.98. The van der Waals surface area contributed by atoms with Crippen LogP contribution in [0.1, 0.15) is 30.3 Å². The van der Waals surface area contributed by atoms with Gasteiger partial charge in [0.25, 0.3) is 0 Å². The minimum absolute atomic E-state index is 0.0806. The molecule has 1 atom stereocenters. The average Bonchev–Trinajstić information content (AvgIpc) is 3.34. The summed E-state index contributed by atoms with van der Waals surface area (Å²) in [7, 11) is 0. The Morgan fingerprint density at radius 1 is 1.17 bits per heavy atom. The van der Waals surface area contributed by atoms with E-state index < -0.39 is 0 Å². The predicted octanol–water partition coefficient (Wildman–Crippen LogP) is 2.85. The van der Waals surface area contributed by atoms with Crippen molar-refractivity contribution in [2.75, 3.05) is 18.9 Å². The van der Waals surface area contributed by atoms with Crippen molar-refractivity contribution in [3.05, 3.63) is 54.2 Å². The molecule has 1 aromatic carbocycles. The van der Waals surface area contributed by atoms with Gasteiger partial charge in [0.15, 0.2) is 16.7 Å². The summed E-state index contributed by atoms with van der Waals surface area (Å²) in [5, 5.41) is 12.3. The summed E-state index contributed by atoms with van der Waals surface area (Å²) in [6.07, 6.45) is 3.71. The number of furan rings is 1. The summed E-state index contributed by atoms with van der Waals surface area (Å²) < 4.78 is 19.1. The van der Waals surface area contributed by atoms with E-state index in [0.29, 0.717) is 31.4 Å². The zero-order chi connectivity index (χ0) is 20.3. The van der Waals surface area contributed by atoms with Crippen molar-refractivity contribution in [1.82, 2.24) is 20.1 Å². The predicted molar refractivity (Wildman–Crippen MR) is 110 cm³/mol. The smallest absolute Gasteiger partial charge is 0.230 e. The van der Waals surface area contributed by atoms with Crippen molar-refractivity contribution in [3.63, 3.8) is 0 Å². The topological polar surface area (TPSA) is 91.4 Å². The highest BCUT2D eigenvalue weighted by Crippen LogP contribution is 2.40. The number of nitrogens with zero attached hydrogens (tertiary/aromatic N) is 3. The Balaban J connectivity index is 1.15. The number of carbonyl (C=O) groups excluding carboxylic acids is 1. The molecular formula is C21H22N4O4S. The summed E-state index contributed by atoms with van der Waals surface area (Å²) >= 11 is 1.38. The molecule has 3 heterocycles. The molecular weight excluding hydrogens is 404 g/mol. The van der Waals surface area contributed by atoms with Crippen LogP contribution in [0.3, 0.4) is 0 Å². The highest BCUT2D eigenvalue weighted by Gasteiger charge is 2.31. The number of amides is 1. The number of ether oxygens (including phenoxy) is 2. The molecule has 1 fully saturated rings. The van der Waals surface area contributed by atoms with Gasteiger partial charge in [0.05, 0.1) is 25.1 Å². The molecule has 3 aromatic rings. The molecule has 1 N–H and O–H groups in total. The number of hydrogen-bond acceptors (Lipinski definition) is 7. The lowest BCUT2D eigenvalue weighted by molar-refractivity contribution is -0.119. The van der Waals surface area contributed by atoms with Crippen LogP contribution in [-0.2, 0) is 11.3 Å². The van der Waals surface area contributed by atoms with E-state index >= 15 is 0 Å². The normalized spacial score (nSPS) is 17.7. The van der Waals surface area contributed by atoms with Crippen LogP contribution in [0.25, 0.3) is 0 Å². The molecule has 156 valence electrons. The van der Waals surface area contributed by atoms with Crippen LogP contribution >= 0.6 is 11.8 Å². The Hall–Kier alpha value is -2.94. The largest absolute Gasteiger partial charge is 0.486 e. The van der Waals surface area contributed by atoms with E-state index in [-0.39, 0.29) is 17.8 Å². The maximum atomic E-state index is 12.4. The summed E-state index contributed by atoms with van der Waals surface area (Å²) in [4.78, 5) is 12.4. The molecule has 5 rings (SSSR count). The van der Waals surface area contributed by atoms with Gasteiger partial charge >= 0.3 is 0 Å². The van der Waals surface area contributed by atoms with Crippen molar-refractivity contribution < 1.29 is 18.7 Å². The molecule has 0 bridgehead atoms. The Morgan fingerprint density at radius 2 is 2.03 bits per heavy atom. The van der Waals surface area contributed by atoms with E-state index in [0.717, 1.165) is 35.3 Å². The maximum absolute atomic E-state index is 12.4. The van der Waals surface area contributed by atoms with Gasteiger partial charge in [0.2, 0.25) is 5.91 Å². The Labute approximate surface area is 178 Å². The second-order valence-electron chi connectivity index (χ2n) is 7.37. The number of fused-ring (bicyclic) bond motifs is 1. The Bertz CT molecular complexity index is 1020. The molecule has 8 nitrogen and oxygen atoms in total. The minimum Gasteiger partial charge on any atom is -0.486 e. The Kier molecular flexibility index (Phi) is 5.35. The molecule has 2 aromatic heterocycles. The fourth-order valence-electron chi connectivity index (χ4n) is 3.33. The molecule has 0 saturated heterocycles. The van der Waals surface area contributed by atoms with E-state index in [1.165, 1.54) is 11.8 Å². The van der Waals surface area contributed by atoms with Gasteiger partial charge in [-0.3, -0.25) is 9.36 Å². The van der Waals surface area contributed by atoms with Crippen LogP contribution in [0.5, 0.6) is 11.5 Å². The van der Waals surface area contributed by atoms with Gasteiger partial charge in [-0.1, -0.05) is 23.9 Å². The average molecular weight is 426 g/mol. The van der Waals surface area contributed by atoms with Crippen LogP contribution in [0.2, 0.25) is 0 Å². The maximum Gasteiger partial charge on any atom is 0.230 e. The van der Waals surface area contributed by atoms with E-state index in [9.17, 15) is 4.79 Å². The number of para-hydroxylation sites is 2. The first-order valence-corrected chi connectivity index (χ1v) is 11.0. The highest BCUT2D eigenvalue weighted by atomic mass is 32.2. The van der Waals surface area contributed by atoms with Gasteiger partial charge in [-0.2, -0.15) is 0 Å². The second-order valence-corrected chi connectivity index (χ2v) is 8.31. The lowest BCUT2D eigenvalue weighted by Crippen LogP contribution is -2.41. The number of carbonyl (C=O) groups is 1. The van der Waals surface area contributed by atoms with Crippen LogP contribution < -0.4 is 14.8 Å². The minimum atomic E-state index is -0.210. The highest BCUT2D eigenvalue weighted by molar-refractivity contribution is 7.99. The van der Waals surface area contributed by atoms with Crippen LogP contribution in [0.4, 0.5) is 0 Å². The molecule has 0 unspecified atom stereocenters. The molecule has 9 heteroatoms. The first-order chi connectivity index (χ1) is 14.8. The summed E-state index contributed by atoms with van der Waals surface area (Å²) in [5.74, 6) is 3.89. The molecule has 1 aliphatic carbocycles. The van der Waals surface area contributed by atoms with Crippen molar-refractivity contribution in [3.8, 4) is 11.5 Å². The number of aromatic nitrogens is 3. The van der Waals surface area contributed by atoms with E-state index in [1.54, 1.807) is 6.26 Å². The van der Waals surface area contributed by atoms with Crippen LogP contribution in [0, 0.1) is 0 Å². The fourth-order valence-corrected chi connectivity index (χ4v) is 4.10. The van der Waals surface area contributed by atoms with Crippen molar-refractivity contribution in [2.45, 2.75) is 36.6 Å². The Morgan fingerprint density at radius 3 is 2.83 bits per heavy atom. The molecule has 0 radical (unpaired) electrons.